The molecule has 0 bridgehead atoms. The Hall–Kier alpha value is -3.46. The van der Waals surface area contributed by atoms with E-state index < -0.39 is 0 Å². The number of amides is 1. The van der Waals surface area contributed by atoms with E-state index in [2.05, 4.69) is 26.6 Å². The van der Waals surface area contributed by atoms with Gasteiger partial charge in [0.15, 0.2) is 11.0 Å². The van der Waals surface area contributed by atoms with Gasteiger partial charge in [-0.15, -0.1) is 10.2 Å². The molecule has 0 unspecified atom stereocenters. The van der Waals surface area contributed by atoms with E-state index in [1.807, 2.05) is 35.9 Å². The summed E-state index contributed by atoms with van der Waals surface area (Å²) in [5, 5.41) is 13.4. The second-order valence-electron chi connectivity index (χ2n) is 6.70. The van der Waals surface area contributed by atoms with Crippen molar-refractivity contribution in [1.29, 1.82) is 0 Å². The molecule has 2 aromatic carbocycles. The SMILES string of the molecule is CCn1c(SCC(=O)Nc2cc(OC)ccc2OC)nnc1-c1c[nH]c2ccccc12. The third-order valence-corrected chi connectivity index (χ3v) is 5.84. The number of carbonyl (C=O) groups excluding carboxylic acids is 1. The topological polar surface area (TPSA) is 94.1 Å². The van der Waals surface area contributed by atoms with Crippen LogP contribution >= 0.6 is 11.8 Å². The lowest BCUT2D eigenvalue weighted by atomic mass is 10.1. The van der Waals surface area contributed by atoms with Gasteiger partial charge in [-0.3, -0.25) is 4.79 Å². The maximum absolute atomic E-state index is 12.6. The fraction of sp³-hybridized carbons (Fsp3) is 0.227. The van der Waals surface area contributed by atoms with Gasteiger partial charge in [0.25, 0.3) is 0 Å². The van der Waals surface area contributed by atoms with Crippen molar-refractivity contribution in [3.8, 4) is 22.9 Å². The highest BCUT2D eigenvalue weighted by Gasteiger charge is 2.18. The molecule has 2 aromatic heterocycles. The molecule has 2 heterocycles. The number of para-hydroxylation sites is 1. The molecule has 9 heteroatoms. The largest absolute Gasteiger partial charge is 0.497 e. The van der Waals surface area contributed by atoms with Crippen molar-refractivity contribution in [3.05, 3.63) is 48.7 Å². The molecule has 4 rings (SSSR count). The van der Waals surface area contributed by atoms with E-state index >= 15 is 0 Å². The molecule has 0 aliphatic rings. The minimum absolute atomic E-state index is 0.171. The van der Waals surface area contributed by atoms with Gasteiger partial charge in [-0.05, 0) is 25.1 Å². The molecule has 0 aliphatic heterocycles. The second kappa shape index (κ2) is 9.13. The van der Waals surface area contributed by atoms with Gasteiger partial charge in [0.05, 0.1) is 25.7 Å². The zero-order valence-electron chi connectivity index (χ0n) is 17.5. The van der Waals surface area contributed by atoms with Gasteiger partial charge in [-0.1, -0.05) is 30.0 Å². The van der Waals surface area contributed by atoms with Gasteiger partial charge >= 0.3 is 0 Å². The van der Waals surface area contributed by atoms with Gasteiger partial charge in [0.2, 0.25) is 5.91 Å². The van der Waals surface area contributed by atoms with Crippen LogP contribution in [0.25, 0.3) is 22.3 Å². The van der Waals surface area contributed by atoms with Crippen LogP contribution in [0.1, 0.15) is 6.92 Å². The number of aromatic amines is 1. The van der Waals surface area contributed by atoms with Crippen LogP contribution in [0.4, 0.5) is 5.69 Å². The van der Waals surface area contributed by atoms with E-state index in [-0.39, 0.29) is 11.7 Å². The summed E-state index contributed by atoms with van der Waals surface area (Å²) in [7, 11) is 3.13. The number of H-pyrrole nitrogens is 1. The number of aromatic nitrogens is 4. The molecular formula is C22H23N5O3S. The highest BCUT2D eigenvalue weighted by molar-refractivity contribution is 7.99. The second-order valence-corrected chi connectivity index (χ2v) is 7.64. The van der Waals surface area contributed by atoms with Crippen LogP contribution in [-0.4, -0.2) is 45.6 Å². The highest BCUT2D eigenvalue weighted by atomic mass is 32.2. The third-order valence-electron chi connectivity index (χ3n) is 4.88. The van der Waals surface area contributed by atoms with E-state index in [0.29, 0.717) is 28.9 Å². The first-order valence-electron chi connectivity index (χ1n) is 9.79. The zero-order valence-corrected chi connectivity index (χ0v) is 18.3. The first-order valence-corrected chi connectivity index (χ1v) is 10.8. The summed E-state index contributed by atoms with van der Waals surface area (Å²) in [6.07, 6.45) is 1.94. The first kappa shape index (κ1) is 20.8. The van der Waals surface area contributed by atoms with Crippen molar-refractivity contribution >= 4 is 34.3 Å². The number of thioether (sulfide) groups is 1. The average molecular weight is 438 g/mol. The Morgan fingerprint density at radius 3 is 2.77 bits per heavy atom. The number of carbonyl (C=O) groups is 1. The molecular weight excluding hydrogens is 414 g/mol. The van der Waals surface area contributed by atoms with Crippen LogP contribution in [0.2, 0.25) is 0 Å². The molecule has 0 atom stereocenters. The first-order chi connectivity index (χ1) is 15.1. The Kier molecular flexibility index (Phi) is 6.13. The standard InChI is InChI=1S/C22H23N5O3S/c1-4-27-21(16-12-23-17-8-6-5-7-15(16)17)25-26-22(27)31-13-20(28)24-18-11-14(29-2)9-10-19(18)30-3/h5-12,23H,4,13H2,1-3H3,(H,24,28). The van der Waals surface area contributed by atoms with E-state index in [1.54, 1.807) is 32.4 Å². The number of methoxy groups -OCH3 is 2. The molecule has 2 N–H and O–H groups in total. The molecule has 0 fully saturated rings. The highest BCUT2D eigenvalue weighted by Crippen LogP contribution is 2.31. The molecule has 0 aliphatic carbocycles. The Balaban J connectivity index is 1.50. The molecule has 0 radical (unpaired) electrons. The molecule has 0 saturated carbocycles. The molecule has 4 aromatic rings. The summed E-state index contributed by atoms with van der Waals surface area (Å²) in [4.78, 5) is 15.8. The van der Waals surface area contributed by atoms with Crippen LogP contribution in [-0.2, 0) is 11.3 Å². The Bertz CT molecular complexity index is 1220. The summed E-state index contributed by atoms with van der Waals surface area (Å²) in [5.74, 6) is 2.00. The van der Waals surface area contributed by atoms with Crippen LogP contribution in [0, 0.1) is 0 Å². The fourth-order valence-electron chi connectivity index (χ4n) is 3.36. The van der Waals surface area contributed by atoms with Crippen LogP contribution in [0.3, 0.4) is 0 Å². The Morgan fingerprint density at radius 1 is 1.16 bits per heavy atom. The smallest absolute Gasteiger partial charge is 0.234 e. The number of anilines is 1. The minimum Gasteiger partial charge on any atom is -0.497 e. The van der Waals surface area contributed by atoms with Crippen molar-refractivity contribution in [2.75, 3.05) is 25.3 Å². The summed E-state index contributed by atoms with van der Waals surface area (Å²) in [6.45, 7) is 2.72. The van der Waals surface area contributed by atoms with Gasteiger partial charge < -0.3 is 24.3 Å². The molecule has 160 valence electrons. The molecule has 31 heavy (non-hydrogen) atoms. The number of benzene rings is 2. The van der Waals surface area contributed by atoms with Crippen molar-refractivity contribution in [3.63, 3.8) is 0 Å². The summed E-state index contributed by atoms with van der Waals surface area (Å²) in [5.41, 5.74) is 2.59. The summed E-state index contributed by atoms with van der Waals surface area (Å²) in [6, 6.07) is 13.3. The molecule has 0 saturated heterocycles. The molecule has 1 amide bonds. The average Bonchev–Trinajstić information content (AvgIpc) is 3.40. The number of hydrogen-bond donors (Lipinski definition) is 2. The van der Waals surface area contributed by atoms with Crippen LogP contribution in [0.5, 0.6) is 11.5 Å². The normalized spacial score (nSPS) is 10.9. The van der Waals surface area contributed by atoms with Crippen LogP contribution < -0.4 is 14.8 Å². The van der Waals surface area contributed by atoms with Gasteiger partial charge in [0, 0.05) is 35.3 Å². The van der Waals surface area contributed by atoms with Crippen molar-refractivity contribution in [2.24, 2.45) is 0 Å². The Morgan fingerprint density at radius 2 is 2.00 bits per heavy atom. The van der Waals surface area contributed by atoms with Crippen LogP contribution in [0.15, 0.2) is 53.8 Å². The number of fused-ring (bicyclic) bond motifs is 1. The quantitative estimate of drug-likeness (QED) is 0.401. The lowest BCUT2D eigenvalue weighted by Crippen LogP contribution is -2.15. The van der Waals surface area contributed by atoms with Crippen molar-refractivity contribution < 1.29 is 14.3 Å². The number of ether oxygens (including phenoxy) is 2. The summed E-state index contributed by atoms with van der Waals surface area (Å²) < 4.78 is 12.6. The van der Waals surface area contributed by atoms with E-state index in [9.17, 15) is 4.79 Å². The number of nitrogens with one attached hydrogen (secondary N) is 2. The predicted octanol–water partition coefficient (Wildman–Crippen LogP) is 4.19. The van der Waals surface area contributed by atoms with Gasteiger partial charge in [-0.2, -0.15) is 0 Å². The van der Waals surface area contributed by atoms with Gasteiger partial charge in [-0.25, -0.2) is 0 Å². The number of hydrogen-bond acceptors (Lipinski definition) is 6. The van der Waals surface area contributed by atoms with E-state index in [4.69, 9.17) is 9.47 Å². The minimum atomic E-state index is -0.171. The predicted molar refractivity (Wildman–Crippen MR) is 122 cm³/mol. The third kappa shape index (κ3) is 4.22. The van der Waals surface area contributed by atoms with E-state index in [0.717, 1.165) is 22.3 Å². The molecule has 8 nitrogen and oxygen atoms in total. The van der Waals surface area contributed by atoms with E-state index in [1.165, 1.54) is 11.8 Å². The van der Waals surface area contributed by atoms with Crippen molar-refractivity contribution in [2.45, 2.75) is 18.6 Å². The lowest BCUT2D eigenvalue weighted by Gasteiger charge is -2.12. The van der Waals surface area contributed by atoms with Crippen molar-refractivity contribution in [1.82, 2.24) is 19.7 Å². The van der Waals surface area contributed by atoms with Gasteiger partial charge in [0.1, 0.15) is 11.5 Å². The maximum Gasteiger partial charge on any atom is 0.234 e. The monoisotopic (exact) mass is 437 g/mol. The Labute approximate surface area is 184 Å². The molecule has 0 spiro atoms. The fourth-order valence-corrected chi connectivity index (χ4v) is 4.17. The maximum atomic E-state index is 12.6. The summed E-state index contributed by atoms with van der Waals surface area (Å²) >= 11 is 1.34. The number of rotatable bonds is 8. The zero-order chi connectivity index (χ0) is 21.8. The lowest BCUT2D eigenvalue weighted by molar-refractivity contribution is -0.113. The number of nitrogens with zero attached hydrogens (tertiary/aromatic N) is 3.